The van der Waals surface area contributed by atoms with Crippen molar-refractivity contribution in [3.8, 4) is 17.1 Å². The molecule has 11 nitrogen and oxygen atoms in total. The van der Waals surface area contributed by atoms with Gasteiger partial charge in [-0.2, -0.15) is 20.1 Å². The highest BCUT2D eigenvalue weighted by Crippen LogP contribution is 2.20. The zero-order chi connectivity index (χ0) is 25.5. The summed E-state index contributed by atoms with van der Waals surface area (Å²) >= 11 is 0. The molecule has 4 N–H and O–H groups in total. The maximum Gasteiger partial charge on any atom is 0.326 e. The molecule has 3 aromatic carbocycles. The van der Waals surface area contributed by atoms with Gasteiger partial charge < -0.3 is 10.6 Å². The largest absolute Gasteiger partial charge is 0.326 e. The summed E-state index contributed by atoms with van der Waals surface area (Å²) in [6, 6.07) is 26.3. The van der Waals surface area contributed by atoms with Gasteiger partial charge in [-0.05, 0) is 36.4 Å². The molecule has 0 aliphatic rings. The summed E-state index contributed by atoms with van der Waals surface area (Å²) in [5.41, 5.74) is 2.60. The van der Waals surface area contributed by atoms with Crippen LogP contribution >= 0.6 is 0 Å². The van der Waals surface area contributed by atoms with Crippen LogP contribution in [0, 0.1) is 0 Å². The molecule has 0 fully saturated rings. The Hall–Kier alpha value is -5.58. The van der Waals surface area contributed by atoms with Crippen LogP contribution in [-0.2, 0) is 0 Å². The number of nitrogens with zero attached hydrogens (tertiary/aromatic N) is 5. The van der Waals surface area contributed by atoms with Crippen molar-refractivity contribution in [2.45, 2.75) is 0 Å². The van der Waals surface area contributed by atoms with Gasteiger partial charge in [0.2, 0.25) is 11.9 Å². The van der Waals surface area contributed by atoms with Gasteiger partial charge in [-0.3, -0.25) is 10.6 Å². The molecule has 2 aromatic heterocycles. The number of carbonyl (C=O) groups is 2. The quantitative estimate of drug-likeness (QED) is 0.263. The molecule has 4 amide bonds. The Bertz CT molecular complexity index is 1430. The van der Waals surface area contributed by atoms with Crippen LogP contribution in [0.5, 0.6) is 0 Å². The predicted octanol–water partition coefficient (Wildman–Crippen LogP) is 5.01. The first-order valence-corrected chi connectivity index (χ1v) is 11.2. The van der Waals surface area contributed by atoms with E-state index in [4.69, 9.17) is 0 Å². The smallest absolute Gasteiger partial charge is 0.308 e. The second kappa shape index (κ2) is 10.8. The first-order chi connectivity index (χ1) is 18.1. The lowest BCUT2D eigenvalue weighted by Crippen LogP contribution is -2.24. The van der Waals surface area contributed by atoms with Gasteiger partial charge >= 0.3 is 12.1 Å². The highest BCUT2D eigenvalue weighted by atomic mass is 16.2. The van der Waals surface area contributed by atoms with Crippen molar-refractivity contribution in [3.05, 3.63) is 103 Å². The SMILES string of the molecule is O=C(Nc1ccccc1)Nc1nc(NC(=O)Nc2ccccc2)nc(-c2cnn(-c3ccccc3)c2)n1. The Labute approximate surface area is 211 Å². The van der Waals surface area contributed by atoms with Gasteiger partial charge in [-0.25, -0.2) is 14.3 Å². The Balaban J connectivity index is 1.41. The molecule has 0 bridgehead atoms. The molecule has 11 heteroatoms. The lowest BCUT2D eigenvalue weighted by molar-refractivity contribution is 0.261. The molecule has 2 heterocycles. The van der Waals surface area contributed by atoms with Gasteiger partial charge in [0.15, 0.2) is 5.82 Å². The predicted molar refractivity (Wildman–Crippen MR) is 141 cm³/mol. The summed E-state index contributed by atoms with van der Waals surface area (Å²) in [4.78, 5) is 38.0. The fourth-order valence-electron chi connectivity index (χ4n) is 3.35. The first-order valence-electron chi connectivity index (χ1n) is 11.2. The van der Waals surface area contributed by atoms with E-state index < -0.39 is 12.1 Å². The summed E-state index contributed by atoms with van der Waals surface area (Å²) in [5.74, 6) is 0.101. The van der Waals surface area contributed by atoms with Crippen LogP contribution in [0.15, 0.2) is 103 Å². The lowest BCUT2D eigenvalue weighted by Gasteiger charge is -2.10. The fraction of sp³-hybridized carbons (Fsp3) is 0. The molecule has 5 rings (SSSR count). The summed E-state index contributed by atoms with van der Waals surface area (Å²) in [6.45, 7) is 0. The van der Waals surface area contributed by atoms with E-state index in [2.05, 4.69) is 41.3 Å². The Kier molecular flexibility index (Phi) is 6.75. The van der Waals surface area contributed by atoms with E-state index in [0.29, 0.717) is 16.9 Å². The number of urea groups is 2. The standard InChI is InChI=1S/C26H21N9O2/c36-25(28-19-10-4-1-5-11-19)33-23-30-22(18-16-27-35(17-18)21-14-8-3-9-15-21)31-24(32-23)34-26(37)29-20-12-6-2-7-13-20/h1-17H,(H4,28,29,30,31,32,33,34,36,37). The fourth-order valence-corrected chi connectivity index (χ4v) is 3.35. The van der Waals surface area contributed by atoms with Crippen LogP contribution in [0.2, 0.25) is 0 Å². The number of rotatable bonds is 6. The third kappa shape index (κ3) is 6.11. The van der Waals surface area contributed by atoms with Crippen LogP contribution in [0.25, 0.3) is 17.1 Å². The van der Waals surface area contributed by atoms with Gasteiger partial charge in [0, 0.05) is 17.6 Å². The van der Waals surface area contributed by atoms with Crippen molar-refractivity contribution in [2.75, 3.05) is 21.3 Å². The molecule has 0 atom stereocenters. The number of hydrogen-bond donors (Lipinski definition) is 4. The zero-order valence-corrected chi connectivity index (χ0v) is 19.4. The Morgan fingerprint density at radius 2 is 1.08 bits per heavy atom. The van der Waals surface area contributed by atoms with Crippen LogP contribution in [0.3, 0.4) is 0 Å². The Morgan fingerprint density at radius 1 is 0.595 bits per heavy atom. The maximum absolute atomic E-state index is 12.6. The van der Waals surface area contributed by atoms with Gasteiger partial charge in [0.25, 0.3) is 0 Å². The number of nitrogens with one attached hydrogen (secondary N) is 4. The number of aromatic nitrogens is 5. The summed E-state index contributed by atoms with van der Waals surface area (Å²) in [7, 11) is 0. The number of carbonyl (C=O) groups excluding carboxylic acids is 2. The number of benzene rings is 3. The molecular weight excluding hydrogens is 470 g/mol. The van der Waals surface area contributed by atoms with E-state index in [1.165, 1.54) is 0 Å². The van der Waals surface area contributed by atoms with Gasteiger partial charge in [0.1, 0.15) is 0 Å². The number of amides is 4. The van der Waals surface area contributed by atoms with Crippen molar-refractivity contribution in [2.24, 2.45) is 0 Å². The van der Waals surface area contributed by atoms with Crippen LogP contribution in [0.4, 0.5) is 32.9 Å². The second-order valence-electron chi connectivity index (χ2n) is 7.71. The van der Waals surface area contributed by atoms with Crippen LogP contribution in [-0.4, -0.2) is 36.8 Å². The average molecular weight is 492 g/mol. The molecule has 0 unspecified atom stereocenters. The normalized spacial score (nSPS) is 10.4. The molecule has 0 aliphatic heterocycles. The molecule has 0 radical (unpaired) electrons. The number of anilines is 4. The topological polar surface area (TPSA) is 139 Å². The minimum absolute atomic E-state index is 0.0547. The highest BCUT2D eigenvalue weighted by molar-refractivity contribution is 6.00. The second-order valence-corrected chi connectivity index (χ2v) is 7.71. The number of hydrogen-bond acceptors (Lipinski definition) is 6. The van der Waals surface area contributed by atoms with Crippen molar-refractivity contribution in [3.63, 3.8) is 0 Å². The van der Waals surface area contributed by atoms with E-state index in [9.17, 15) is 9.59 Å². The van der Waals surface area contributed by atoms with Gasteiger partial charge in [-0.15, -0.1) is 0 Å². The lowest BCUT2D eigenvalue weighted by atomic mass is 10.3. The summed E-state index contributed by atoms with van der Waals surface area (Å²) < 4.78 is 1.67. The molecule has 0 aliphatic carbocycles. The van der Waals surface area contributed by atoms with Crippen LogP contribution < -0.4 is 21.3 Å². The number of para-hydroxylation sites is 3. The third-order valence-electron chi connectivity index (χ3n) is 5.01. The zero-order valence-electron chi connectivity index (χ0n) is 19.4. The van der Waals surface area contributed by atoms with Crippen molar-refractivity contribution < 1.29 is 9.59 Å². The molecule has 37 heavy (non-hydrogen) atoms. The molecular formula is C26H21N9O2. The molecule has 0 saturated heterocycles. The third-order valence-corrected chi connectivity index (χ3v) is 5.01. The average Bonchev–Trinajstić information content (AvgIpc) is 3.41. The van der Waals surface area contributed by atoms with E-state index in [-0.39, 0.29) is 17.7 Å². The highest BCUT2D eigenvalue weighted by Gasteiger charge is 2.15. The molecule has 182 valence electrons. The van der Waals surface area contributed by atoms with Crippen molar-refractivity contribution >= 4 is 35.3 Å². The summed E-state index contributed by atoms with van der Waals surface area (Å²) in [5, 5.41) is 15.0. The molecule has 0 spiro atoms. The molecule has 0 saturated carbocycles. The maximum atomic E-state index is 12.6. The minimum Gasteiger partial charge on any atom is -0.308 e. The summed E-state index contributed by atoms with van der Waals surface area (Å²) in [6.07, 6.45) is 3.33. The van der Waals surface area contributed by atoms with Crippen molar-refractivity contribution in [1.82, 2.24) is 24.7 Å². The molecule has 5 aromatic rings. The van der Waals surface area contributed by atoms with E-state index in [1.807, 2.05) is 42.5 Å². The van der Waals surface area contributed by atoms with Crippen LogP contribution in [0.1, 0.15) is 0 Å². The van der Waals surface area contributed by atoms with E-state index in [0.717, 1.165) is 5.69 Å². The Morgan fingerprint density at radius 3 is 1.59 bits per heavy atom. The monoisotopic (exact) mass is 491 g/mol. The van der Waals surface area contributed by atoms with E-state index >= 15 is 0 Å². The van der Waals surface area contributed by atoms with Crippen molar-refractivity contribution in [1.29, 1.82) is 0 Å². The minimum atomic E-state index is -0.553. The first kappa shape index (κ1) is 23.2. The van der Waals surface area contributed by atoms with E-state index in [1.54, 1.807) is 65.6 Å². The van der Waals surface area contributed by atoms with Gasteiger partial charge in [-0.1, -0.05) is 54.6 Å². The van der Waals surface area contributed by atoms with Gasteiger partial charge in [0.05, 0.1) is 17.4 Å².